The van der Waals surface area contributed by atoms with E-state index in [0.29, 0.717) is 28.8 Å². The average molecular weight is 348 g/mol. The molecule has 126 valence electrons. The van der Waals surface area contributed by atoms with Crippen LogP contribution in [0.2, 0.25) is 0 Å². The Morgan fingerprint density at radius 1 is 1.42 bits per heavy atom. The Hall–Kier alpha value is -3.21. The fraction of sp³-hybridized carbons (Fsp3) is 0.154. The molecule has 10 nitrogen and oxygen atoms in total. The first kappa shape index (κ1) is 17.1. The lowest BCUT2D eigenvalue weighted by molar-refractivity contribution is -0.404. The highest BCUT2D eigenvalue weighted by Crippen LogP contribution is 2.25. The van der Waals surface area contributed by atoms with Crippen molar-refractivity contribution in [1.29, 1.82) is 0 Å². The molecule has 0 bridgehead atoms. The number of nitrogens with two attached hydrogens (primary N) is 2. The van der Waals surface area contributed by atoms with Crippen molar-refractivity contribution in [3.8, 4) is 11.4 Å². The van der Waals surface area contributed by atoms with Crippen LogP contribution < -0.4 is 22.1 Å². The van der Waals surface area contributed by atoms with Crippen LogP contribution in [0.25, 0.3) is 11.4 Å². The number of hydrogen-bond donors (Lipinski definition) is 4. The molecule has 2 rings (SSSR count). The normalized spacial score (nSPS) is 11.0. The van der Waals surface area contributed by atoms with Crippen molar-refractivity contribution in [2.75, 3.05) is 7.05 Å². The van der Waals surface area contributed by atoms with Gasteiger partial charge in [-0.25, -0.2) is 9.97 Å². The van der Waals surface area contributed by atoms with E-state index in [0.717, 1.165) is 6.20 Å². The summed E-state index contributed by atoms with van der Waals surface area (Å²) in [7, 11) is 1.59. The number of nitrogens with zero attached hydrogens (tertiary/aromatic N) is 4. The fourth-order valence-corrected chi connectivity index (χ4v) is 2.45. The summed E-state index contributed by atoms with van der Waals surface area (Å²) < 4.78 is 0. The molecular formula is C13H16N8O2S. The highest BCUT2D eigenvalue weighted by molar-refractivity contribution is 7.13. The number of aliphatic imine (C=N–C) groups is 1. The second kappa shape index (κ2) is 7.87. The number of rotatable bonds is 7. The second-order valence-corrected chi connectivity index (χ2v) is 5.33. The van der Waals surface area contributed by atoms with E-state index < -0.39 is 4.92 Å². The van der Waals surface area contributed by atoms with Crippen LogP contribution in [0.1, 0.15) is 5.69 Å². The molecule has 0 atom stereocenters. The van der Waals surface area contributed by atoms with Gasteiger partial charge in [-0.1, -0.05) is 6.07 Å². The molecule has 0 aliphatic rings. The third-order valence-corrected chi connectivity index (χ3v) is 3.48. The maximum absolute atomic E-state index is 10.5. The highest BCUT2D eigenvalue weighted by atomic mass is 32.1. The summed E-state index contributed by atoms with van der Waals surface area (Å²) in [6.45, 7) is 0.319. The van der Waals surface area contributed by atoms with Crippen molar-refractivity contribution in [2.45, 2.75) is 6.54 Å². The Kier molecular flexibility index (Phi) is 5.63. The first-order valence-corrected chi connectivity index (χ1v) is 7.64. The van der Waals surface area contributed by atoms with E-state index in [1.807, 2.05) is 12.1 Å². The third-order valence-electron chi connectivity index (χ3n) is 2.75. The molecule has 0 amide bonds. The first-order valence-electron chi connectivity index (χ1n) is 6.76. The summed E-state index contributed by atoms with van der Waals surface area (Å²) >= 11 is 1.30. The van der Waals surface area contributed by atoms with Gasteiger partial charge in [0.25, 0.3) is 6.20 Å². The lowest BCUT2D eigenvalue weighted by Crippen LogP contribution is -2.24. The van der Waals surface area contributed by atoms with Crippen LogP contribution in [-0.4, -0.2) is 27.9 Å². The van der Waals surface area contributed by atoms with Gasteiger partial charge in [-0.3, -0.25) is 10.1 Å². The number of guanidine groups is 1. The first-order chi connectivity index (χ1) is 11.5. The number of aromatic nitrogens is 2. The van der Waals surface area contributed by atoms with Gasteiger partial charge in [0.05, 0.1) is 22.9 Å². The van der Waals surface area contributed by atoms with Gasteiger partial charge in [0, 0.05) is 12.4 Å². The van der Waals surface area contributed by atoms with Crippen molar-refractivity contribution in [2.24, 2.45) is 16.5 Å². The number of nitrogens with one attached hydrogen (secondary N) is 2. The molecule has 6 N–H and O–H groups in total. The minimum Gasteiger partial charge on any atom is -0.370 e. The van der Waals surface area contributed by atoms with Crippen LogP contribution in [0, 0.1) is 10.1 Å². The van der Waals surface area contributed by atoms with E-state index >= 15 is 0 Å². The largest absolute Gasteiger partial charge is 0.370 e. The predicted octanol–water partition coefficient (Wildman–Crippen LogP) is 0.495. The van der Waals surface area contributed by atoms with Crippen molar-refractivity contribution >= 4 is 22.4 Å². The molecule has 2 aromatic rings. The maximum Gasteiger partial charge on any atom is 0.274 e. The van der Waals surface area contributed by atoms with Crippen molar-refractivity contribution in [3.63, 3.8) is 0 Å². The Bertz CT molecular complexity index is 782. The van der Waals surface area contributed by atoms with Crippen molar-refractivity contribution < 1.29 is 4.92 Å². The number of pyridine rings is 1. The van der Waals surface area contributed by atoms with E-state index in [4.69, 9.17) is 11.5 Å². The average Bonchev–Trinajstić information content (AvgIpc) is 2.99. The molecule has 0 aliphatic heterocycles. The summed E-state index contributed by atoms with van der Waals surface area (Å²) in [4.78, 5) is 22.6. The van der Waals surface area contributed by atoms with Crippen LogP contribution in [0.4, 0.5) is 5.13 Å². The standard InChI is InChI=1S/C13H16N8O2S/c1-16-11(6-21(22)23)17-5-8-3-2-4-9(18-8)10-7-24-13(19-10)20-12(14)15/h2-4,6-7,16-17H,5H2,1H3,(H4,14,15,19,20). The minimum absolute atomic E-state index is 0.0565. The van der Waals surface area contributed by atoms with E-state index in [-0.39, 0.29) is 11.8 Å². The third kappa shape index (κ3) is 4.91. The number of thiazole rings is 1. The summed E-state index contributed by atoms with van der Waals surface area (Å²) in [6.07, 6.45) is 0.853. The van der Waals surface area contributed by atoms with Crippen molar-refractivity contribution in [1.82, 2.24) is 20.6 Å². The zero-order valence-corrected chi connectivity index (χ0v) is 13.6. The molecular weight excluding hydrogens is 332 g/mol. The van der Waals surface area contributed by atoms with Gasteiger partial charge in [-0.05, 0) is 12.1 Å². The molecule has 0 saturated carbocycles. The zero-order valence-electron chi connectivity index (χ0n) is 12.8. The summed E-state index contributed by atoms with van der Waals surface area (Å²) in [5.74, 6) is 0.231. The monoisotopic (exact) mass is 348 g/mol. The quantitative estimate of drug-likeness (QED) is 0.244. The molecule has 0 unspecified atom stereocenters. The van der Waals surface area contributed by atoms with Crippen molar-refractivity contribution in [3.05, 3.63) is 51.4 Å². The second-order valence-electron chi connectivity index (χ2n) is 4.50. The lowest BCUT2D eigenvalue weighted by Gasteiger charge is -2.08. The molecule has 2 aromatic heterocycles. The van der Waals surface area contributed by atoms with Gasteiger partial charge in [0.1, 0.15) is 5.69 Å². The molecule has 0 saturated heterocycles. The SMILES string of the molecule is CNC(=C[N+](=O)[O-])NCc1cccc(-c2csc(N=C(N)N)n2)n1. The number of hydrogen-bond acceptors (Lipinski definition) is 8. The van der Waals surface area contributed by atoms with Gasteiger partial charge in [0.2, 0.25) is 5.13 Å². The molecule has 0 aliphatic carbocycles. The molecule has 0 spiro atoms. The lowest BCUT2D eigenvalue weighted by atomic mass is 10.2. The Morgan fingerprint density at radius 2 is 2.21 bits per heavy atom. The number of nitro groups is 1. The van der Waals surface area contributed by atoms with Gasteiger partial charge in [0.15, 0.2) is 11.8 Å². The van der Waals surface area contributed by atoms with Crippen LogP contribution >= 0.6 is 11.3 Å². The van der Waals surface area contributed by atoms with Crippen LogP contribution in [-0.2, 0) is 6.54 Å². The van der Waals surface area contributed by atoms with Crippen LogP contribution in [0.15, 0.2) is 40.6 Å². The molecule has 0 fully saturated rings. The van der Waals surface area contributed by atoms with Gasteiger partial charge >= 0.3 is 0 Å². The van der Waals surface area contributed by atoms with Gasteiger partial charge in [-0.15, -0.1) is 11.3 Å². The Labute approximate surface area is 141 Å². The van der Waals surface area contributed by atoms with Crippen LogP contribution in [0.3, 0.4) is 0 Å². The molecule has 0 aromatic carbocycles. The zero-order chi connectivity index (χ0) is 17.5. The van der Waals surface area contributed by atoms with Gasteiger partial charge in [-0.2, -0.15) is 4.99 Å². The van der Waals surface area contributed by atoms with Crippen LogP contribution in [0.5, 0.6) is 0 Å². The fourth-order valence-electron chi connectivity index (χ4n) is 1.75. The highest BCUT2D eigenvalue weighted by Gasteiger charge is 2.07. The molecule has 0 radical (unpaired) electrons. The van der Waals surface area contributed by atoms with E-state index in [1.54, 1.807) is 18.5 Å². The Morgan fingerprint density at radius 3 is 2.88 bits per heavy atom. The maximum atomic E-state index is 10.5. The molecule has 2 heterocycles. The predicted molar refractivity (Wildman–Crippen MR) is 91.8 cm³/mol. The van der Waals surface area contributed by atoms with E-state index in [2.05, 4.69) is 25.6 Å². The summed E-state index contributed by atoms with van der Waals surface area (Å²) in [5.41, 5.74) is 12.7. The van der Waals surface area contributed by atoms with E-state index in [1.165, 1.54) is 11.3 Å². The molecule has 24 heavy (non-hydrogen) atoms. The summed E-state index contributed by atoms with van der Waals surface area (Å²) in [5, 5.41) is 18.3. The molecule has 11 heteroatoms. The van der Waals surface area contributed by atoms with E-state index in [9.17, 15) is 10.1 Å². The van der Waals surface area contributed by atoms with Gasteiger partial charge < -0.3 is 22.1 Å². The Balaban J connectivity index is 2.13. The minimum atomic E-state index is -0.539. The summed E-state index contributed by atoms with van der Waals surface area (Å²) in [6, 6.07) is 5.44. The smallest absolute Gasteiger partial charge is 0.274 e. The topological polar surface area (TPSA) is 157 Å².